The number of halogens is 1. The Morgan fingerprint density at radius 3 is 2.76 bits per heavy atom. The van der Waals surface area contributed by atoms with Gasteiger partial charge in [0.05, 0.1) is 12.7 Å². The molecule has 1 heterocycles. The highest BCUT2D eigenvalue weighted by molar-refractivity contribution is 9.10. The third kappa shape index (κ3) is 5.32. The predicted molar refractivity (Wildman–Crippen MR) is 81.8 cm³/mol. The lowest BCUT2D eigenvalue weighted by atomic mass is 10.2. The predicted octanol–water partition coefficient (Wildman–Crippen LogP) is 2.77. The number of hydrogen-bond acceptors (Lipinski definition) is 4. The zero-order chi connectivity index (χ0) is 15.1. The Morgan fingerprint density at radius 1 is 1.29 bits per heavy atom. The number of benzene rings is 1. The molecule has 0 radical (unpaired) electrons. The highest BCUT2D eigenvalue weighted by Crippen LogP contribution is 2.11. The monoisotopic (exact) mass is 352 g/mol. The smallest absolute Gasteiger partial charge is 0.332 e. The fourth-order valence-corrected chi connectivity index (χ4v) is 2.00. The van der Waals surface area contributed by atoms with E-state index in [2.05, 4.69) is 21.0 Å². The Balaban J connectivity index is 1.83. The van der Waals surface area contributed by atoms with Crippen LogP contribution >= 0.6 is 15.9 Å². The number of hydrogen-bond donors (Lipinski definition) is 0. The van der Waals surface area contributed by atoms with Gasteiger partial charge in [-0.3, -0.25) is 4.68 Å². The van der Waals surface area contributed by atoms with Crippen LogP contribution in [0.15, 0.2) is 41.1 Å². The zero-order valence-corrected chi connectivity index (χ0v) is 13.4. The van der Waals surface area contributed by atoms with E-state index in [4.69, 9.17) is 9.47 Å². The Morgan fingerprint density at radius 2 is 2.05 bits per heavy atom. The summed E-state index contributed by atoms with van der Waals surface area (Å²) in [5, 5.41) is 4.26. The molecule has 0 unspecified atom stereocenters. The Hall–Kier alpha value is -1.66. The second-order valence-corrected chi connectivity index (χ2v) is 5.39. The molecule has 0 aliphatic heterocycles. The molecular formula is C15H17BrN2O3. The second kappa shape index (κ2) is 7.95. The molecular weight excluding hydrogens is 336 g/mol. The van der Waals surface area contributed by atoms with Gasteiger partial charge in [0, 0.05) is 22.8 Å². The highest BCUT2D eigenvalue weighted by atomic mass is 79.9. The van der Waals surface area contributed by atoms with Crippen molar-refractivity contribution in [2.45, 2.75) is 20.1 Å². The summed E-state index contributed by atoms with van der Waals surface area (Å²) >= 11 is 3.41. The fourth-order valence-electron chi connectivity index (χ4n) is 1.74. The molecule has 0 saturated heterocycles. The molecule has 112 valence electrons. The van der Waals surface area contributed by atoms with Crippen molar-refractivity contribution < 1.29 is 14.3 Å². The van der Waals surface area contributed by atoms with Crippen molar-refractivity contribution in [3.63, 3.8) is 0 Å². The van der Waals surface area contributed by atoms with E-state index in [0.717, 1.165) is 15.6 Å². The van der Waals surface area contributed by atoms with Crippen LogP contribution in [-0.4, -0.2) is 29.0 Å². The third-order valence-corrected chi connectivity index (χ3v) is 3.30. The number of rotatable bonds is 7. The number of carbonyl (C=O) groups is 1. The van der Waals surface area contributed by atoms with Crippen LogP contribution in [0.4, 0.5) is 0 Å². The maximum absolute atomic E-state index is 11.3. The minimum absolute atomic E-state index is 0.0104. The van der Waals surface area contributed by atoms with Crippen molar-refractivity contribution in [3.05, 3.63) is 52.3 Å². The largest absolute Gasteiger partial charge is 0.459 e. The lowest BCUT2D eigenvalue weighted by molar-refractivity contribution is -0.150. The van der Waals surface area contributed by atoms with Crippen molar-refractivity contribution in [3.8, 4) is 0 Å². The van der Waals surface area contributed by atoms with Gasteiger partial charge < -0.3 is 9.47 Å². The molecule has 6 heteroatoms. The maximum Gasteiger partial charge on any atom is 0.332 e. The first-order valence-electron chi connectivity index (χ1n) is 6.66. The molecule has 2 aromatic rings. The molecule has 0 aliphatic carbocycles. The maximum atomic E-state index is 11.3. The number of carbonyl (C=O) groups excluding carboxylic acids is 1. The van der Waals surface area contributed by atoms with Crippen LogP contribution in [0, 0.1) is 0 Å². The molecule has 21 heavy (non-hydrogen) atoms. The Labute approximate surface area is 132 Å². The minimum atomic E-state index is -0.363. The van der Waals surface area contributed by atoms with E-state index < -0.39 is 0 Å². The molecule has 1 aromatic heterocycles. The number of nitrogens with zero attached hydrogens (tertiary/aromatic N) is 2. The highest BCUT2D eigenvalue weighted by Gasteiger charge is 2.05. The van der Waals surface area contributed by atoms with Crippen LogP contribution in [-0.2, 0) is 27.4 Å². The molecule has 2 rings (SSSR count). The van der Waals surface area contributed by atoms with E-state index in [1.54, 1.807) is 6.20 Å². The van der Waals surface area contributed by atoms with Crippen LogP contribution in [0.5, 0.6) is 0 Å². The average Bonchev–Trinajstić information content (AvgIpc) is 2.93. The summed E-state index contributed by atoms with van der Waals surface area (Å²) < 4.78 is 12.9. The van der Waals surface area contributed by atoms with Crippen molar-refractivity contribution in [2.75, 3.05) is 13.2 Å². The van der Waals surface area contributed by atoms with Gasteiger partial charge in [-0.2, -0.15) is 5.10 Å². The molecule has 0 N–H and O–H groups in total. The van der Waals surface area contributed by atoms with E-state index in [1.165, 1.54) is 0 Å². The first-order valence-corrected chi connectivity index (χ1v) is 7.46. The third-order valence-electron chi connectivity index (χ3n) is 2.77. The van der Waals surface area contributed by atoms with Gasteiger partial charge in [-0.1, -0.05) is 28.1 Å². The van der Waals surface area contributed by atoms with Crippen molar-refractivity contribution >= 4 is 21.9 Å². The van der Waals surface area contributed by atoms with Crippen molar-refractivity contribution in [1.82, 2.24) is 9.78 Å². The summed E-state index contributed by atoms with van der Waals surface area (Å²) in [6.07, 6.45) is 3.57. The molecule has 0 atom stereocenters. The summed E-state index contributed by atoms with van der Waals surface area (Å²) in [5.41, 5.74) is 2.01. The minimum Gasteiger partial charge on any atom is -0.459 e. The second-order valence-electron chi connectivity index (χ2n) is 4.47. The molecule has 1 aromatic carbocycles. The summed E-state index contributed by atoms with van der Waals surface area (Å²) in [7, 11) is 0. The van der Waals surface area contributed by atoms with Gasteiger partial charge in [-0.25, -0.2) is 4.79 Å². The standard InChI is InChI=1S/C15H17BrN2O3/c1-2-20-11-15(19)21-10-13-7-17-18(9-13)8-12-3-5-14(16)6-4-12/h3-7,9H,2,8,10-11H2,1H3. The topological polar surface area (TPSA) is 53.4 Å². The van der Waals surface area contributed by atoms with E-state index in [0.29, 0.717) is 13.2 Å². The van der Waals surface area contributed by atoms with Gasteiger partial charge in [0.25, 0.3) is 0 Å². The van der Waals surface area contributed by atoms with Gasteiger partial charge in [0.1, 0.15) is 13.2 Å². The Kier molecular flexibility index (Phi) is 5.95. The molecule has 0 spiro atoms. The number of ether oxygens (including phenoxy) is 2. The van der Waals surface area contributed by atoms with Gasteiger partial charge in [0.2, 0.25) is 0 Å². The molecule has 0 amide bonds. The molecule has 0 fully saturated rings. The molecule has 0 aliphatic rings. The van der Waals surface area contributed by atoms with Gasteiger partial charge in [-0.15, -0.1) is 0 Å². The first kappa shape index (κ1) is 15.7. The Bertz CT molecular complexity index is 581. The van der Waals surface area contributed by atoms with E-state index in [1.807, 2.05) is 42.1 Å². The van der Waals surface area contributed by atoms with Crippen LogP contribution in [0.2, 0.25) is 0 Å². The van der Waals surface area contributed by atoms with Crippen LogP contribution < -0.4 is 0 Å². The van der Waals surface area contributed by atoms with Crippen LogP contribution in [0.25, 0.3) is 0 Å². The normalized spacial score (nSPS) is 10.6. The van der Waals surface area contributed by atoms with Gasteiger partial charge in [-0.05, 0) is 24.6 Å². The quantitative estimate of drug-likeness (QED) is 0.719. The summed E-state index contributed by atoms with van der Waals surface area (Å²) in [5.74, 6) is -0.363. The first-order chi connectivity index (χ1) is 10.2. The number of aromatic nitrogens is 2. The van der Waals surface area contributed by atoms with Gasteiger partial charge in [0.15, 0.2) is 0 Å². The molecule has 0 bridgehead atoms. The lowest BCUT2D eigenvalue weighted by Crippen LogP contribution is -2.12. The van der Waals surface area contributed by atoms with E-state index in [-0.39, 0.29) is 19.2 Å². The van der Waals surface area contributed by atoms with E-state index in [9.17, 15) is 4.79 Å². The van der Waals surface area contributed by atoms with Crippen molar-refractivity contribution in [1.29, 1.82) is 0 Å². The summed E-state index contributed by atoms with van der Waals surface area (Å²) in [4.78, 5) is 11.3. The van der Waals surface area contributed by atoms with Crippen LogP contribution in [0.3, 0.4) is 0 Å². The van der Waals surface area contributed by atoms with E-state index >= 15 is 0 Å². The lowest BCUT2D eigenvalue weighted by Gasteiger charge is -2.03. The van der Waals surface area contributed by atoms with Gasteiger partial charge >= 0.3 is 5.97 Å². The van der Waals surface area contributed by atoms with Crippen LogP contribution in [0.1, 0.15) is 18.1 Å². The average molecular weight is 353 g/mol. The fraction of sp³-hybridized carbons (Fsp3) is 0.333. The zero-order valence-electron chi connectivity index (χ0n) is 11.8. The molecule has 0 saturated carbocycles. The molecule has 5 nitrogen and oxygen atoms in total. The number of esters is 1. The summed E-state index contributed by atoms with van der Waals surface area (Å²) in [6, 6.07) is 8.06. The van der Waals surface area contributed by atoms with Crippen molar-refractivity contribution in [2.24, 2.45) is 0 Å². The summed E-state index contributed by atoms with van der Waals surface area (Å²) in [6.45, 7) is 3.22. The SMILES string of the molecule is CCOCC(=O)OCc1cnn(Cc2ccc(Br)cc2)c1.